The van der Waals surface area contributed by atoms with Gasteiger partial charge in [0, 0.05) is 5.56 Å². The normalized spacial score (nSPS) is 10.6. The lowest BCUT2D eigenvalue weighted by Crippen LogP contribution is -2.02. The summed E-state index contributed by atoms with van der Waals surface area (Å²) in [6.07, 6.45) is 0. The molecular formula is C10H11F3. The first kappa shape index (κ1) is 10.1. The van der Waals surface area contributed by atoms with Gasteiger partial charge in [0.2, 0.25) is 0 Å². The zero-order valence-corrected chi connectivity index (χ0v) is 7.84. The lowest BCUT2D eigenvalue weighted by molar-refractivity contribution is 0.469. The molecule has 0 saturated heterocycles. The van der Waals surface area contributed by atoms with Crippen LogP contribution < -0.4 is 0 Å². The van der Waals surface area contributed by atoms with Crippen molar-refractivity contribution in [3.8, 4) is 0 Å². The molecule has 3 heteroatoms. The molecular weight excluding hydrogens is 177 g/mol. The third-order valence-corrected chi connectivity index (χ3v) is 2.36. The summed E-state index contributed by atoms with van der Waals surface area (Å²) in [5.74, 6) is -1.29. The van der Waals surface area contributed by atoms with E-state index in [2.05, 4.69) is 0 Å². The van der Waals surface area contributed by atoms with Crippen LogP contribution in [0.15, 0.2) is 0 Å². The first-order chi connectivity index (χ1) is 6.00. The molecule has 1 rings (SSSR count). The zero-order chi connectivity index (χ0) is 10.2. The smallest absolute Gasteiger partial charge is 0.132 e. The van der Waals surface area contributed by atoms with Gasteiger partial charge in [-0.3, -0.25) is 0 Å². The van der Waals surface area contributed by atoms with Crippen molar-refractivity contribution in [3.63, 3.8) is 0 Å². The first-order valence-corrected chi connectivity index (χ1v) is 4.00. The molecule has 0 bridgehead atoms. The predicted octanol–water partition coefficient (Wildman–Crippen LogP) is 3.36. The SMILES string of the molecule is Cc1c(F)c(C)c(CF)c(C)c1F. The minimum absolute atomic E-state index is 0.0350. The van der Waals surface area contributed by atoms with E-state index in [1.807, 2.05) is 0 Å². The fourth-order valence-electron chi connectivity index (χ4n) is 1.41. The maximum Gasteiger partial charge on any atom is 0.132 e. The Bertz CT molecular complexity index is 314. The maximum atomic E-state index is 13.2. The average molecular weight is 188 g/mol. The summed E-state index contributed by atoms with van der Waals surface area (Å²) < 4.78 is 38.8. The van der Waals surface area contributed by atoms with E-state index in [1.54, 1.807) is 0 Å². The highest BCUT2D eigenvalue weighted by molar-refractivity contribution is 5.39. The Labute approximate surface area is 75.4 Å². The van der Waals surface area contributed by atoms with Gasteiger partial charge in [0.1, 0.15) is 18.3 Å². The lowest BCUT2D eigenvalue weighted by Gasteiger charge is -2.11. The molecule has 0 aliphatic rings. The van der Waals surface area contributed by atoms with Crippen molar-refractivity contribution in [2.45, 2.75) is 27.4 Å². The van der Waals surface area contributed by atoms with Crippen LogP contribution in [0.2, 0.25) is 0 Å². The van der Waals surface area contributed by atoms with Gasteiger partial charge in [-0.2, -0.15) is 0 Å². The monoisotopic (exact) mass is 188 g/mol. The van der Waals surface area contributed by atoms with Crippen LogP contribution in [0.5, 0.6) is 0 Å². The highest BCUT2D eigenvalue weighted by atomic mass is 19.1. The van der Waals surface area contributed by atoms with Gasteiger partial charge in [-0.25, -0.2) is 13.2 Å². The second kappa shape index (κ2) is 3.40. The summed E-state index contributed by atoms with van der Waals surface area (Å²) in [5.41, 5.74) is 0.505. The Morgan fingerprint density at radius 2 is 1.23 bits per heavy atom. The van der Waals surface area contributed by atoms with Gasteiger partial charge in [0.15, 0.2) is 0 Å². The van der Waals surface area contributed by atoms with Crippen molar-refractivity contribution in [1.29, 1.82) is 0 Å². The van der Waals surface area contributed by atoms with Gasteiger partial charge in [-0.15, -0.1) is 0 Å². The summed E-state index contributed by atoms with van der Waals surface area (Å²) in [5, 5.41) is 0. The Morgan fingerprint density at radius 1 is 0.846 bits per heavy atom. The van der Waals surface area contributed by atoms with Crippen LogP contribution in [0.3, 0.4) is 0 Å². The van der Waals surface area contributed by atoms with Gasteiger partial charge in [0.25, 0.3) is 0 Å². The zero-order valence-electron chi connectivity index (χ0n) is 7.84. The van der Waals surface area contributed by atoms with Gasteiger partial charge in [0.05, 0.1) is 0 Å². The Morgan fingerprint density at radius 3 is 1.54 bits per heavy atom. The molecule has 0 saturated carbocycles. The topological polar surface area (TPSA) is 0 Å². The van der Waals surface area contributed by atoms with Gasteiger partial charge < -0.3 is 0 Å². The van der Waals surface area contributed by atoms with Crippen molar-refractivity contribution >= 4 is 0 Å². The standard InChI is InChI=1S/C10H11F3/c1-5-8(4-11)6(2)10(13)7(3)9(5)12/h4H2,1-3H3. The Hall–Kier alpha value is -0.990. The van der Waals surface area contributed by atoms with Crippen molar-refractivity contribution in [3.05, 3.63) is 33.9 Å². The minimum atomic E-state index is -0.828. The van der Waals surface area contributed by atoms with Crippen molar-refractivity contribution in [2.24, 2.45) is 0 Å². The largest absolute Gasteiger partial charge is 0.246 e. The number of alkyl halides is 1. The highest BCUT2D eigenvalue weighted by Gasteiger charge is 2.16. The van der Waals surface area contributed by atoms with Crippen LogP contribution in [-0.4, -0.2) is 0 Å². The van der Waals surface area contributed by atoms with Crippen molar-refractivity contribution in [2.75, 3.05) is 0 Å². The predicted molar refractivity (Wildman–Crippen MR) is 45.4 cm³/mol. The van der Waals surface area contributed by atoms with Crippen LogP contribution in [0, 0.1) is 32.4 Å². The third-order valence-electron chi connectivity index (χ3n) is 2.36. The summed E-state index contributed by atoms with van der Waals surface area (Å²) >= 11 is 0. The molecule has 1 aromatic rings. The van der Waals surface area contributed by atoms with E-state index < -0.39 is 18.3 Å². The molecule has 0 radical (unpaired) electrons. The maximum absolute atomic E-state index is 13.2. The van der Waals surface area contributed by atoms with E-state index in [9.17, 15) is 13.2 Å². The van der Waals surface area contributed by atoms with Crippen LogP contribution in [0.4, 0.5) is 13.2 Å². The molecule has 0 spiro atoms. The molecule has 1 aromatic carbocycles. The second-order valence-electron chi connectivity index (χ2n) is 3.12. The minimum Gasteiger partial charge on any atom is -0.246 e. The fourth-order valence-corrected chi connectivity index (χ4v) is 1.41. The molecule has 0 heterocycles. The van der Waals surface area contributed by atoms with E-state index in [1.165, 1.54) is 20.8 Å². The number of benzene rings is 1. The van der Waals surface area contributed by atoms with Gasteiger partial charge in [-0.1, -0.05) is 0 Å². The molecule has 0 unspecified atom stereocenters. The molecule has 13 heavy (non-hydrogen) atoms. The van der Waals surface area contributed by atoms with Crippen molar-refractivity contribution in [1.82, 2.24) is 0 Å². The second-order valence-corrected chi connectivity index (χ2v) is 3.12. The van der Waals surface area contributed by atoms with E-state index in [-0.39, 0.29) is 22.3 Å². The molecule has 0 nitrogen and oxygen atoms in total. The quantitative estimate of drug-likeness (QED) is 0.633. The number of hydrogen-bond acceptors (Lipinski definition) is 0. The average Bonchev–Trinajstić information content (AvgIpc) is 2.13. The fraction of sp³-hybridized carbons (Fsp3) is 0.400. The molecule has 0 N–H and O–H groups in total. The lowest BCUT2D eigenvalue weighted by atomic mass is 9.99. The Balaban J connectivity index is 3.56. The molecule has 0 aliphatic carbocycles. The van der Waals surface area contributed by atoms with Crippen LogP contribution in [-0.2, 0) is 6.67 Å². The third kappa shape index (κ3) is 1.43. The number of halogens is 3. The van der Waals surface area contributed by atoms with E-state index >= 15 is 0 Å². The highest BCUT2D eigenvalue weighted by Crippen LogP contribution is 2.25. The number of rotatable bonds is 1. The van der Waals surface area contributed by atoms with Crippen LogP contribution >= 0.6 is 0 Å². The van der Waals surface area contributed by atoms with Gasteiger partial charge >= 0.3 is 0 Å². The van der Waals surface area contributed by atoms with E-state index in [0.29, 0.717) is 0 Å². The van der Waals surface area contributed by atoms with E-state index in [4.69, 9.17) is 0 Å². The van der Waals surface area contributed by atoms with Crippen LogP contribution in [0.1, 0.15) is 22.3 Å². The summed E-state index contributed by atoms with van der Waals surface area (Å²) in [4.78, 5) is 0. The molecule has 72 valence electrons. The van der Waals surface area contributed by atoms with Crippen LogP contribution in [0.25, 0.3) is 0 Å². The summed E-state index contributed by atoms with van der Waals surface area (Å²) in [7, 11) is 0. The van der Waals surface area contributed by atoms with E-state index in [0.717, 1.165) is 0 Å². The molecule has 0 fully saturated rings. The van der Waals surface area contributed by atoms with Gasteiger partial charge in [-0.05, 0) is 37.5 Å². The summed E-state index contributed by atoms with van der Waals surface area (Å²) in [6.45, 7) is 3.45. The molecule has 0 aliphatic heterocycles. The molecule has 0 atom stereocenters. The molecule has 0 amide bonds. The van der Waals surface area contributed by atoms with Crippen molar-refractivity contribution < 1.29 is 13.2 Å². The first-order valence-electron chi connectivity index (χ1n) is 4.00. The number of hydrogen-bond donors (Lipinski definition) is 0. The molecule has 0 aromatic heterocycles. The Kier molecular flexibility index (Phi) is 2.64. The summed E-state index contributed by atoms with van der Waals surface area (Å²) in [6, 6.07) is 0.